The second-order valence-corrected chi connectivity index (χ2v) is 4.98. The fourth-order valence-electron chi connectivity index (χ4n) is 1.90. The Hall–Kier alpha value is -1.33. The van der Waals surface area contributed by atoms with E-state index in [1.165, 1.54) is 0 Å². The zero-order valence-corrected chi connectivity index (χ0v) is 11.9. The van der Waals surface area contributed by atoms with Gasteiger partial charge in [-0.05, 0) is 17.7 Å². The van der Waals surface area contributed by atoms with Gasteiger partial charge in [-0.2, -0.15) is 5.10 Å². The minimum Gasteiger partial charge on any atom is -0.493 e. The number of hydrogen-bond donors (Lipinski definition) is 1. The Labute approximate surface area is 114 Å². The van der Waals surface area contributed by atoms with E-state index in [-0.39, 0.29) is 0 Å². The molecule has 0 saturated heterocycles. The van der Waals surface area contributed by atoms with E-state index < -0.39 is 6.10 Å². The summed E-state index contributed by atoms with van der Waals surface area (Å²) in [4.78, 5) is 0. The summed E-state index contributed by atoms with van der Waals surface area (Å²) in [5.41, 5.74) is 1.76. The first kappa shape index (κ1) is 13.1. The van der Waals surface area contributed by atoms with Crippen LogP contribution in [0.25, 0.3) is 0 Å². The molecule has 2 rings (SSSR count). The molecular formula is C13H15BrN2O2. The maximum absolute atomic E-state index is 10.3. The van der Waals surface area contributed by atoms with Gasteiger partial charge < -0.3 is 9.84 Å². The Morgan fingerprint density at radius 2 is 2.06 bits per heavy atom. The number of hydrogen-bond acceptors (Lipinski definition) is 3. The summed E-state index contributed by atoms with van der Waals surface area (Å²) in [6.07, 6.45) is 1.51. The topological polar surface area (TPSA) is 47.3 Å². The fourth-order valence-corrected chi connectivity index (χ4v) is 2.17. The number of methoxy groups -OCH3 is 1. The number of aliphatic hydroxyl groups excluding tert-OH is 1. The lowest BCUT2D eigenvalue weighted by atomic mass is 10.1. The molecular weight excluding hydrogens is 296 g/mol. The van der Waals surface area contributed by atoms with Crippen LogP contribution in [0.3, 0.4) is 0 Å². The van der Waals surface area contributed by atoms with Gasteiger partial charge in [0.2, 0.25) is 0 Å². The molecule has 18 heavy (non-hydrogen) atoms. The molecule has 1 N–H and O–H groups in total. The molecule has 0 bridgehead atoms. The summed E-state index contributed by atoms with van der Waals surface area (Å²) in [5, 5.41) is 14.4. The minimum atomic E-state index is -0.631. The maximum atomic E-state index is 10.3. The monoisotopic (exact) mass is 310 g/mol. The van der Waals surface area contributed by atoms with Crippen molar-refractivity contribution in [3.05, 3.63) is 46.2 Å². The van der Waals surface area contributed by atoms with E-state index in [4.69, 9.17) is 4.74 Å². The van der Waals surface area contributed by atoms with Crippen LogP contribution in [-0.4, -0.2) is 22.0 Å². The van der Waals surface area contributed by atoms with Gasteiger partial charge in [-0.15, -0.1) is 0 Å². The molecule has 1 atom stereocenters. The van der Waals surface area contributed by atoms with Crippen LogP contribution in [-0.2, 0) is 13.5 Å². The summed E-state index contributed by atoms with van der Waals surface area (Å²) < 4.78 is 7.86. The Balaban J connectivity index is 2.18. The number of halogens is 1. The van der Waals surface area contributed by atoms with Crippen molar-refractivity contribution < 1.29 is 9.84 Å². The highest BCUT2D eigenvalue weighted by atomic mass is 79.9. The van der Waals surface area contributed by atoms with Crippen LogP contribution in [0.1, 0.15) is 17.4 Å². The van der Waals surface area contributed by atoms with Crippen LogP contribution in [0.4, 0.5) is 0 Å². The lowest BCUT2D eigenvalue weighted by Crippen LogP contribution is -2.09. The summed E-state index contributed by atoms with van der Waals surface area (Å²) >= 11 is 3.39. The summed E-state index contributed by atoms with van der Waals surface area (Å²) in [6, 6.07) is 7.89. The first-order chi connectivity index (χ1) is 8.61. The third kappa shape index (κ3) is 2.73. The van der Waals surface area contributed by atoms with E-state index in [1.807, 2.05) is 24.3 Å². The van der Waals surface area contributed by atoms with Crippen molar-refractivity contribution in [1.82, 2.24) is 9.78 Å². The van der Waals surface area contributed by atoms with Gasteiger partial charge in [0.05, 0.1) is 13.3 Å². The van der Waals surface area contributed by atoms with Gasteiger partial charge in [0.25, 0.3) is 0 Å². The highest BCUT2D eigenvalue weighted by molar-refractivity contribution is 9.10. The molecule has 5 heteroatoms. The van der Waals surface area contributed by atoms with Gasteiger partial charge in [-0.1, -0.05) is 28.1 Å². The highest BCUT2D eigenvalue weighted by Crippen LogP contribution is 2.27. The van der Waals surface area contributed by atoms with Crippen LogP contribution < -0.4 is 4.74 Å². The quantitative estimate of drug-likeness (QED) is 0.943. The summed E-state index contributed by atoms with van der Waals surface area (Å²) in [6.45, 7) is 0. The Morgan fingerprint density at radius 3 is 2.67 bits per heavy atom. The molecule has 0 fully saturated rings. The number of rotatable bonds is 4. The number of aromatic nitrogens is 2. The molecule has 0 saturated carbocycles. The van der Waals surface area contributed by atoms with E-state index in [1.54, 1.807) is 25.0 Å². The molecule has 1 aromatic carbocycles. The normalized spacial score (nSPS) is 12.4. The van der Waals surface area contributed by atoms with Crippen LogP contribution in [0.15, 0.2) is 34.9 Å². The van der Waals surface area contributed by atoms with E-state index >= 15 is 0 Å². The van der Waals surface area contributed by atoms with Crippen molar-refractivity contribution in [2.24, 2.45) is 7.05 Å². The Kier molecular flexibility index (Phi) is 4.04. The number of benzene rings is 1. The molecule has 0 radical (unpaired) electrons. The molecule has 0 spiro atoms. The number of ether oxygens (including phenoxy) is 1. The molecule has 2 aromatic rings. The molecule has 1 unspecified atom stereocenters. The van der Waals surface area contributed by atoms with Gasteiger partial charge in [0.1, 0.15) is 11.8 Å². The van der Waals surface area contributed by atoms with E-state index in [0.717, 1.165) is 10.0 Å². The van der Waals surface area contributed by atoms with Gasteiger partial charge in [0, 0.05) is 17.9 Å². The summed E-state index contributed by atoms with van der Waals surface area (Å²) in [7, 11) is 3.37. The average Bonchev–Trinajstić information content (AvgIpc) is 2.73. The number of aryl methyl sites for hydroxylation is 1. The van der Waals surface area contributed by atoms with Crippen molar-refractivity contribution in [1.29, 1.82) is 0 Å². The van der Waals surface area contributed by atoms with Gasteiger partial charge in [-0.25, -0.2) is 0 Å². The van der Waals surface area contributed by atoms with E-state index in [2.05, 4.69) is 21.0 Å². The SMILES string of the molecule is COc1cnn(C)c1C(O)Cc1ccc(Br)cc1. The molecule has 4 nitrogen and oxygen atoms in total. The number of aliphatic hydroxyl groups is 1. The summed E-state index contributed by atoms with van der Waals surface area (Å²) in [5.74, 6) is 0.613. The van der Waals surface area contributed by atoms with Crippen molar-refractivity contribution in [3.63, 3.8) is 0 Å². The van der Waals surface area contributed by atoms with E-state index in [9.17, 15) is 5.11 Å². The van der Waals surface area contributed by atoms with Gasteiger partial charge >= 0.3 is 0 Å². The second kappa shape index (κ2) is 5.54. The lowest BCUT2D eigenvalue weighted by molar-refractivity contribution is 0.164. The fraction of sp³-hybridized carbons (Fsp3) is 0.308. The largest absolute Gasteiger partial charge is 0.493 e. The Bertz CT molecular complexity index is 522. The van der Waals surface area contributed by atoms with Gasteiger partial charge in [-0.3, -0.25) is 4.68 Å². The zero-order chi connectivity index (χ0) is 13.1. The van der Waals surface area contributed by atoms with Crippen molar-refractivity contribution >= 4 is 15.9 Å². The molecule has 1 aromatic heterocycles. The van der Waals surface area contributed by atoms with Crippen molar-refractivity contribution in [2.75, 3.05) is 7.11 Å². The van der Waals surface area contributed by atoms with Crippen LogP contribution in [0, 0.1) is 0 Å². The first-order valence-electron chi connectivity index (χ1n) is 5.60. The minimum absolute atomic E-state index is 0.531. The highest BCUT2D eigenvalue weighted by Gasteiger charge is 2.18. The first-order valence-corrected chi connectivity index (χ1v) is 6.39. The maximum Gasteiger partial charge on any atom is 0.162 e. The molecule has 0 aliphatic carbocycles. The van der Waals surface area contributed by atoms with Crippen molar-refractivity contribution in [2.45, 2.75) is 12.5 Å². The standard InChI is InChI=1S/C13H15BrN2O2/c1-16-13(12(18-2)8-15-16)11(17)7-9-3-5-10(14)6-4-9/h3-6,8,11,17H,7H2,1-2H3. The third-order valence-corrected chi connectivity index (χ3v) is 3.36. The predicted octanol–water partition coefficient (Wildman–Crippen LogP) is 2.47. The van der Waals surface area contributed by atoms with Gasteiger partial charge in [0.15, 0.2) is 5.75 Å². The second-order valence-electron chi connectivity index (χ2n) is 4.07. The van der Waals surface area contributed by atoms with Crippen molar-refractivity contribution in [3.8, 4) is 5.75 Å². The predicted molar refractivity (Wildman–Crippen MR) is 72.6 cm³/mol. The average molecular weight is 311 g/mol. The molecule has 1 heterocycles. The van der Waals surface area contributed by atoms with Crippen LogP contribution in [0.2, 0.25) is 0 Å². The smallest absolute Gasteiger partial charge is 0.162 e. The third-order valence-electron chi connectivity index (χ3n) is 2.83. The molecule has 0 aliphatic heterocycles. The van der Waals surface area contributed by atoms with E-state index in [0.29, 0.717) is 17.9 Å². The molecule has 0 aliphatic rings. The van der Waals surface area contributed by atoms with Crippen LogP contribution in [0.5, 0.6) is 5.75 Å². The Morgan fingerprint density at radius 1 is 1.39 bits per heavy atom. The number of nitrogens with zero attached hydrogens (tertiary/aromatic N) is 2. The van der Waals surface area contributed by atoms with Crippen LogP contribution >= 0.6 is 15.9 Å². The lowest BCUT2D eigenvalue weighted by Gasteiger charge is -2.13. The molecule has 96 valence electrons. The molecule has 0 amide bonds. The zero-order valence-electron chi connectivity index (χ0n) is 10.3.